The van der Waals surface area contributed by atoms with Crippen LogP contribution in [0.15, 0.2) is 6.07 Å². The van der Waals surface area contributed by atoms with Gasteiger partial charge in [0.15, 0.2) is 5.13 Å². The van der Waals surface area contributed by atoms with E-state index in [2.05, 4.69) is 29.0 Å². The molecule has 1 amide bonds. The fraction of sp³-hybridized carbons (Fsp3) is 0.600. The maximum Gasteiger partial charge on any atom is 0.261 e. The van der Waals surface area contributed by atoms with Gasteiger partial charge in [0, 0.05) is 26.2 Å². The zero-order valence-electron chi connectivity index (χ0n) is 12.9. The molecule has 3 heterocycles. The van der Waals surface area contributed by atoms with Crippen molar-refractivity contribution < 1.29 is 9.53 Å². The molecule has 5 nitrogen and oxygen atoms in total. The molecular formula is C15H21N3O2S2. The number of thiophene rings is 1. The molecule has 3 rings (SSSR count). The first-order chi connectivity index (χ1) is 10.7. The van der Waals surface area contributed by atoms with E-state index < -0.39 is 0 Å². The summed E-state index contributed by atoms with van der Waals surface area (Å²) in [7, 11) is 0. The predicted molar refractivity (Wildman–Crippen MR) is 92.4 cm³/mol. The Kier molecular flexibility index (Phi) is 4.95. The van der Waals surface area contributed by atoms with Gasteiger partial charge in [0.05, 0.1) is 15.7 Å². The average molecular weight is 339 g/mol. The minimum absolute atomic E-state index is 0.0184. The van der Waals surface area contributed by atoms with E-state index in [0.29, 0.717) is 6.54 Å². The number of amides is 1. The van der Waals surface area contributed by atoms with Crippen LogP contribution in [0, 0.1) is 0 Å². The molecule has 0 aliphatic carbocycles. The molecule has 22 heavy (non-hydrogen) atoms. The molecule has 0 aromatic carbocycles. The monoisotopic (exact) mass is 339 g/mol. The van der Waals surface area contributed by atoms with Crippen molar-refractivity contribution in [3.05, 3.63) is 10.9 Å². The van der Waals surface area contributed by atoms with Crippen LogP contribution in [0.2, 0.25) is 0 Å². The molecule has 1 N–H and O–H groups in total. The van der Waals surface area contributed by atoms with E-state index in [1.165, 1.54) is 11.3 Å². The highest BCUT2D eigenvalue weighted by Crippen LogP contribution is 2.34. The smallest absolute Gasteiger partial charge is 0.261 e. The average Bonchev–Trinajstić information content (AvgIpc) is 3.21. The number of fused-ring (bicyclic) bond motifs is 1. The molecule has 0 radical (unpaired) electrons. The number of thiazole rings is 1. The lowest BCUT2D eigenvalue weighted by molar-refractivity contribution is 0.0861. The summed E-state index contributed by atoms with van der Waals surface area (Å²) < 4.78 is 6.61. The number of aromatic nitrogens is 1. The molecule has 1 saturated heterocycles. The highest BCUT2D eigenvalue weighted by Gasteiger charge is 2.19. The topological polar surface area (TPSA) is 54.5 Å². The van der Waals surface area contributed by atoms with Crippen LogP contribution in [0.3, 0.4) is 0 Å². The third-order valence-corrected chi connectivity index (χ3v) is 6.07. The van der Waals surface area contributed by atoms with Crippen molar-refractivity contribution in [1.82, 2.24) is 10.3 Å². The van der Waals surface area contributed by atoms with Gasteiger partial charge in [-0.25, -0.2) is 4.98 Å². The van der Waals surface area contributed by atoms with Crippen molar-refractivity contribution in [3.63, 3.8) is 0 Å². The van der Waals surface area contributed by atoms with Crippen molar-refractivity contribution in [2.45, 2.75) is 32.8 Å². The van der Waals surface area contributed by atoms with Gasteiger partial charge in [0.2, 0.25) is 0 Å². The van der Waals surface area contributed by atoms with Gasteiger partial charge in [-0.05, 0) is 32.8 Å². The summed E-state index contributed by atoms with van der Waals surface area (Å²) in [5, 5.41) is 4.00. The number of anilines is 1. The molecule has 1 aliphatic heterocycles. The van der Waals surface area contributed by atoms with Crippen molar-refractivity contribution in [2.24, 2.45) is 0 Å². The number of carbonyl (C=O) groups excluding carboxylic acids is 1. The Bertz CT molecular complexity index is 611. The zero-order valence-corrected chi connectivity index (χ0v) is 14.6. The summed E-state index contributed by atoms with van der Waals surface area (Å²) in [6, 6.07) is 1.95. The Morgan fingerprint density at radius 3 is 2.91 bits per heavy atom. The summed E-state index contributed by atoms with van der Waals surface area (Å²) in [6.07, 6.45) is 2.31. The number of carbonyl (C=O) groups is 1. The van der Waals surface area contributed by atoms with E-state index in [-0.39, 0.29) is 12.0 Å². The number of nitrogens with one attached hydrogen (secondary N) is 1. The maximum atomic E-state index is 12.2. The quantitative estimate of drug-likeness (QED) is 0.878. The van der Waals surface area contributed by atoms with Crippen LogP contribution >= 0.6 is 22.7 Å². The van der Waals surface area contributed by atoms with Gasteiger partial charge in [0.1, 0.15) is 4.83 Å². The third-order valence-electron chi connectivity index (χ3n) is 3.85. The Morgan fingerprint density at radius 2 is 2.27 bits per heavy atom. The van der Waals surface area contributed by atoms with Crippen LogP contribution in [0.5, 0.6) is 0 Å². The molecule has 0 unspecified atom stereocenters. The molecule has 1 fully saturated rings. The molecule has 7 heteroatoms. The van der Waals surface area contributed by atoms with Crippen molar-refractivity contribution >= 4 is 43.2 Å². The largest absolute Gasteiger partial charge is 0.376 e. The molecule has 0 saturated carbocycles. The third kappa shape index (κ3) is 3.26. The minimum atomic E-state index is -0.0184. The van der Waals surface area contributed by atoms with E-state index >= 15 is 0 Å². The molecule has 120 valence electrons. The van der Waals surface area contributed by atoms with Gasteiger partial charge >= 0.3 is 0 Å². The second-order valence-electron chi connectivity index (χ2n) is 5.29. The molecule has 0 spiro atoms. The molecule has 2 aromatic rings. The van der Waals surface area contributed by atoms with Gasteiger partial charge in [-0.2, -0.15) is 0 Å². The lowest BCUT2D eigenvalue weighted by Crippen LogP contribution is -2.31. The first-order valence-electron chi connectivity index (χ1n) is 7.76. The summed E-state index contributed by atoms with van der Waals surface area (Å²) in [6.45, 7) is 7.57. The van der Waals surface area contributed by atoms with E-state index in [1.54, 1.807) is 11.3 Å². The van der Waals surface area contributed by atoms with Gasteiger partial charge in [-0.1, -0.05) is 11.3 Å². The SMILES string of the molecule is CCN(CC)c1nc2sc(C(=O)NC[C@@H]3CCCO3)cc2s1. The lowest BCUT2D eigenvalue weighted by Gasteiger charge is -2.16. The fourth-order valence-corrected chi connectivity index (χ4v) is 4.82. The van der Waals surface area contributed by atoms with Crippen LogP contribution in [0.1, 0.15) is 36.4 Å². The van der Waals surface area contributed by atoms with Crippen LogP contribution < -0.4 is 10.2 Å². The van der Waals surface area contributed by atoms with Crippen molar-refractivity contribution in [3.8, 4) is 0 Å². The number of ether oxygens (including phenoxy) is 1. The second-order valence-corrected chi connectivity index (χ2v) is 7.33. The van der Waals surface area contributed by atoms with Crippen LogP contribution in [-0.4, -0.2) is 43.2 Å². The zero-order chi connectivity index (χ0) is 15.5. The minimum Gasteiger partial charge on any atom is -0.376 e. The van der Waals surface area contributed by atoms with Gasteiger partial charge in [-0.3, -0.25) is 4.79 Å². The Balaban J connectivity index is 1.66. The van der Waals surface area contributed by atoms with Gasteiger partial charge < -0.3 is 15.0 Å². The number of hydrogen-bond acceptors (Lipinski definition) is 6. The summed E-state index contributed by atoms with van der Waals surface area (Å²) in [4.78, 5) is 20.8. The normalized spacial score (nSPS) is 18.0. The molecular weight excluding hydrogens is 318 g/mol. The van der Waals surface area contributed by atoms with Crippen LogP contribution in [-0.2, 0) is 4.74 Å². The predicted octanol–water partition coefficient (Wildman–Crippen LogP) is 3.11. The number of rotatable bonds is 6. The number of hydrogen-bond donors (Lipinski definition) is 1. The van der Waals surface area contributed by atoms with E-state index in [4.69, 9.17) is 4.74 Å². The Hall–Kier alpha value is -1.18. The first kappa shape index (κ1) is 15.7. The van der Waals surface area contributed by atoms with Gasteiger partial charge in [0.25, 0.3) is 5.91 Å². The number of nitrogens with zero attached hydrogens (tertiary/aromatic N) is 2. The fourth-order valence-electron chi connectivity index (χ4n) is 2.56. The maximum absolute atomic E-state index is 12.2. The molecule has 1 aliphatic rings. The summed E-state index contributed by atoms with van der Waals surface area (Å²) >= 11 is 3.12. The van der Waals surface area contributed by atoms with Gasteiger partial charge in [-0.15, -0.1) is 11.3 Å². The second kappa shape index (κ2) is 6.93. The summed E-state index contributed by atoms with van der Waals surface area (Å²) in [5.74, 6) is -0.0184. The summed E-state index contributed by atoms with van der Waals surface area (Å²) in [5.41, 5.74) is 0. The van der Waals surface area contributed by atoms with E-state index in [9.17, 15) is 4.79 Å². The first-order valence-corrected chi connectivity index (χ1v) is 9.39. The van der Waals surface area contributed by atoms with E-state index in [0.717, 1.165) is 52.1 Å². The molecule has 0 bridgehead atoms. The molecule has 2 aromatic heterocycles. The Labute approximate surface area is 138 Å². The van der Waals surface area contributed by atoms with Crippen LogP contribution in [0.25, 0.3) is 9.53 Å². The lowest BCUT2D eigenvalue weighted by atomic mass is 10.2. The van der Waals surface area contributed by atoms with Crippen LogP contribution in [0.4, 0.5) is 5.13 Å². The Morgan fingerprint density at radius 1 is 1.45 bits per heavy atom. The highest BCUT2D eigenvalue weighted by molar-refractivity contribution is 7.29. The van der Waals surface area contributed by atoms with E-state index in [1.807, 2.05) is 6.07 Å². The standard InChI is InChI=1S/C15H21N3O2S2/c1-3-18(4-2)15-17-14-12(22-15)8-11(21-14)13(19)16-9-10-6-5-7-20-10/h8,10H,3-7,9H2,1-2H3,(H,16,19)/t10-/m0/s1. The van der Waals surface area contributed by atoms with Crippen molar-refractivity contribution in [1.29, 1.82) is 0 Å². The molecule has 1 atom stereocenters. The highest BCUT2D eigenvalue weighted by atomic mass is 32.1. The van der Waals surface area contributed by atoms with Crippen molar-refractivity contribution in [2.75, 3.05) is 31.1 Å².